The second-order valence-corrected chi connectivity index (χ2v) is 9.79. The molecule has 7 heteroatoms. The van der Waals surface area contributed by atoms with Crippen molar-refractivity contribution < 1.29 is 0 Å². The number of aromatic nitrogens is 3. The van der Waals surface area contributed by atoms with Crippen LogP contribution in [0.4, 0.5) is 5.95 Å². The molecule has 2 aromatic heterocycles. The number of benzene rings is 1. The minimum atomic E-state index is 0.524. The minimum Gasteiger partial charge on any atom is -0.351 e. The third kappa shape index (κ3) is 4.22. The highest BCUT2D eigenvalue weighted by molar-refractivity contribution is 9.10. The zero-order valence-corrected chi connectivity index (χ0v) is 18.8. The molecule has 2 N–H and O–H groups in total. The molecule has 5 rings (SSSR count). The molecule has 0 radical (unpaired) electrons. The summed E-state index contributed by atoms with van der Waals surface area (Å²) in [6.07, 6.45) is 6.55. The minimum absolute atomic E-state index is 0.524. The lowest BCUT2D eigenvalue weighted by Crippen LogP contribution is -2.26. The maximum Gasteiger partial charge on any atom is 0.223 e. The highest BCUT2D eigenvalue weighted by Crippen LogP contribution is 2.41. The SMILES string of the molecule is Cc1cc(-c2nc(C3CCNCC3)sc2-c2ccnc(NC3CC3)n2)ccc1Br. The molecule has 1 aromatic carbocycles. The van der Waals surface area contributed by atoms with Crippen LogP contribution in [0, 0.1) is 6.92 Å². The number of piperidine rings is 1. The van der Waals surface area contributed by atoms with Gasteiger partial charge in [-0.15, -0.1) is 11.3 Å². The van der Waals surface area contributed by atoms with Crippen molar-refractivity contribution in [1.29, 1.82) is 0 Å². The van der Waals surface area contributed by atoms with E-state index in [9.17, 15) is 0 Å². The van der Waals surface area contributed by atoms with Gasteiger partial charge in [0.05, 0.1) is 21.3 Å². The van der Waals surface area contributed by atoms with Crippen LogP contribution in [0.25, 0.3) is 21.8 Å². The Morgan fingerprint density at radius 3 is 2.69 bits per heavy atom. The normalized spacial score (nSPS) is 17.4. The molecule has 0 atom stereocenters. The van der Waals surface area contributed by atoms with Crippen LogP contribution in [0.15, 0.2) is 34.9 Å². The van der Waals surface area contributed by atoms with Crippen LogP contribution in [0.3, 0.4) is 0 Å². The van der Waals surface area contributed by atoms with Crippen molar-refractivity contribution in [3.63, 3.8) is 0 Å². The van der Waals surface area contributed by atoms with Crippen molar-refractivity contribution in [2.45, 2.75) is 44.6 Å². The summed E-state index contributed by atoms with van der Waals surface area (Å²) in [4.78, 5) is 15.5. The van der Waals surface area contributed by atoms with Gasteiger partial charge in [-0.3, -0.25) is 0 Å². The zero-order valence-electron chi connectivity index (χ0n) is 16.4. The summed E-state index contributed by atoms with van der Waals surface area (Å²) in [6.45, 7) is 4.25. The molecule has 0 spiro atoms. The maximum atomic E-state index is 5.15. The van der Waals surface area contributed by atoms with E-state index in [0.29, 0.717) is 12.0 Å². The fraction of sp³-hybridized carbons (Fsp3) is 0.409. The first-order chi connectivity index (χ1) is 14.2. The molecular weight excluding hydrogens is 446 g/mol. The lowest BCUT2D eigenvalue weighted by molar-refractivity contribution is 0.459. The van der Waals surface area contributed by atoms with E-state index in [1.807, 2.05) is 12.3 Å². The average Bonchev–Trinajstić information content (AvgIpc) is 3.45. The van der Waals surface area contributed by atoms with E-state index in [0.717, 1.165) is 58.2 Å². The Morgan fingerprint density at radius 1 is 1.10 bits per heavy atom. The van der Waals surface area contributed by atoms with E-state index in [1.165, 1.54) is 23.4 Å². The van der Waals surface area contributed by atoms with E-state index in [-0.39, 0.29) is 0 Å². The summed E-state index contributed by atoms with van der Waals surface area (Å²) in [6, 6.07) is 9.00. The molecule has 3 heterocycles. The Bertz CT molecular complexity index is 1020. The number of halogens is 1. The van der Waals surface area contributed by atoms with Gasteiger partial charge in [-0.05, 0) is 69.5 Å². The number of anilines is 1. The number of nitrogens with zero attached hydrogens (tertiary/aromatic N) is 3. The van der Waals surface area contributed by atoms with Gasteiger partial charge in [0.25, 0.3) is 0 Å². The zero-order chi connectivity index (χ0) is 19.8. The van der Waals surface area contributed by atoms with Crippen LogP contribution in [-0.4, -0.2) is 34.1 Å². The Labute approximate surface area is 183 Å². The topological polar surface area (TPSA) is 62.7 Å². The van der Waals surface area contributed by atoms with E-state index in [4.69, 9.17) is 9.97 Å². The first-order valence-corrected chi connectivity index (χ1v) is 11.9. The summed E-state index contributed by atoms with van der Waals surface area (Å²) in [5, 5.41) is 8.11. The number of hydrogen-bond donors (Lipinski definition) is 2. The Morgan fingerprint density at radius 2 is 1.93 bits per heavy atom. The number of thiazole rings is 1. The Hall–Kier alpha value is -1.83. The van der Waals surface area contributed by atoms with Gasteiger partial charge in [0, 0.05) is 28.2 Å². The highest BCUT2D eigenvalue weighted by atomic mass is 79.9. The molecule has 1 saturated heterocycles. The summed E-state index contributed by atoms with van der Waals surface area (Å²) >= 11 is 5.42. The van der Waals surface area contributed by atoms with Gasteiger partial charge in [0.2, 0.25) is 5.95 Å². The van der Waals surface area contributed by atoms with Crippen LogP contribution >= 0.6 is 27.3 Å². The molecule has 2 aliphatic rings. The molecular formula is C22H24BrN5S. The molecule has 5 nitrogen and oxygen atoms in total. The molecule has 1 aliphatic carbocycles. The van der Waals surface area contributed by atoms with Crippen LogP contribution in [0.5, 0.6) is 0 Å². The van der Waals surface area contributed by atoms with Crippen LogP contribution < -0.4 is 10.6 Å². The summed E-state index contributed by atoms with van der Waals surface area (Å²) in [5.74, 6) is 1.25. The van der Waals surface area contributed by atoms with Gasteiger partial charge < -0.3 is 10.6 Å². The van der Waals surface area contributed by atoms with Crippen molar-refractivity contribution in [2.75, 3.05) is 18.4 Å². The molecule has 3 aromatic rings. The first-order valence-electron chi connectivity index (χ1n) is 10.3. The summed E-state index contributed by atoms with van der Waals surface area (Å²) < 4.78 is 1.12. The van der Waals surface area contributed by atoms with E-state index in [2.05, 4.69) is 56.7 Å². The highest BCUT2D eigenvalue weighted by Gasteiger charge is 2.25. The van der Waals surface area contributed by atoms with Gasteiger partial charge in [-0.25, -0.2) is 15.0 Å². The number of aryl methyl sites for hydroxylation is 1. The van der Waals surface area contributed by atoms with Gasteiger partial charge >= 0.3 is 0 Å². The molecule has 0 bridgehead atoms. The third-order valence-electron chi connectivity index (χ3n) is 5.56. The Balaban J connectivity index is 1.58. The second kappa shape index (κ2) is 8.13. The summed E-state index contributed by atoms with van der Waals surface area (Å²) in [5.41, 5.74) is 4.35. The molecule has 1 saturated carbocycles. The lowest BCUT2D eigenvalue weighted by Gasteiger charge is -2.20. The van der Waals surface area contributed by atoms with Crippen LogP contribution in [0.2, 0.25) is 0 Å². The average molecular weight is 470 g/mol. The molecule has 0 unspecified atom stereocenters. The van der Waals surface area contributed by atoms with Crippen molar-refractivity contribution >= 4 is 33.2 Å². The van der Waals surface area contributed by atoms with Crippen molar-refractivity contribution in [3.8, 4) is 21.8 Å². The maximum absolute atomic E-state index is 5.15. The largest absolute Gasteiger partial charge is 0.351 e. The molecule has 29 heavy (non-hydrogen) atoms. The van der Waals surface area contributed by atoms with Crippen LogP contribution in [0.1, 0.15) is 42.2 Å². The van der Waals surface area contributed by atoms with E-state index in [1.54, 1.807) is 11.3 Å². The molecule has 150 valence electrons. The summed E-state index contributed by atoms with van der Waals surface area (Å²) in [7, 11) is 0. The standard InChI is InChI=1S/C22H24BrN5S/c1-13-12-15(2-5-17(13)23)19-20(29-21(28-19)14-6-9-24-10-7-14)18-8-11-25-22(27-18)26-16-3-4-16/h2,5,8,11-12,14,16,24H,3-4,6-7,9-10H2,1H3,(H,25,26,27). The predicted octanol–water partition coefficient (Wildman–Crippen LogP) is 5.38. The smallest absolute Gasteiger partial charge is 0.223 e. The molecule has 1 aliphatic heterocycles. The van der Waals surface area contributed by atoms with Crippen molar-refractivity contribution in [1.82, 2.24) is 20.3 Å². The van der Waals surface area contributed by atoms with Gasteiger partial charge in [0.1, 0.15) is 0 Å². The lowest BCUT2D eigenvalue weighted by atomic mass is 9.99. The number of nitrogens with one attached hydrogen (secondary N) is 2. The first kappa shape index (κ1) is 19.2. The van der Waals surface area contributed by atoms with Crippen LogP contribution in [-0.2, 0) is 0 Å². The van der Waals surface area contributed by atoms with Crippen molar-refractivity contribution in [3.05, 3.63) is 45.5 Å². The van der Waals surface area contributed by atoms with Gasteiger partial charge in [-0.1, -0.05) is 22.0 Å². The van der Waals surface area contributed by atoms with Crippen molar-refractivity contribution in [2.24, 2.45) is 0 Å². The fourth-order valence-corrected chi connectivity index (χ4v) is 5.18. The monoisotopic (exact) mass is 469 g/mol. The van der Waals surface area contributed by atoms with E-state index < -0.39 is 0 Å². The fourth-order valence-electron chi connectivity index (χ4n) is 3.71. The predicted molar refractivity (Wildman–Crippen MR) is 123 cm³/mol. The number of rotatable bonds is 5. The number of hydrogen-bond acceptors (Lipinski definition) is 6. The molecule has 0 amide bonds. The second-order valence-electron chi connectivity index (χ2n) is 7.90. The van der Waals surface area contributed by atoms with Gasteiger partial charge in [-0.2, -0.15) is 0 Å². The molecule has 2 fully saturated rings. The van der Waals surface area contributed by atoms with E-state index >= 15 is 0 Å². The Kier molecular flexibility index (Phi) is 5.37. The van der Waals surface area contributed by atoms with Gasteiger partial charge in [0.15, 0.2) is 0 Å². The quantitative estimate of drug-likeness (QED) is 0.524. The third-order valence-corrected chi connectivity index (χ3v) is 7.69.